The van der Waals surface area contributed by atoms with Crippen LogP contribution in [0.25, 0.3) is 0 Å². The summed E-state index contributed by atoms with van der Waals surface area (Å²) in [5, 5.41) is 0. The Kier molecular flexibility index (Phi) is 1.19. The predicted molar refractivity (Wildman–Crippen MR) is 33.2 cm³/mol. The van der Waals surface area contributed by atoms with Crippen molar-refractivity contribution in [3.63, 3.8) is 0 Å². The summed E-state index contributed by atoms with van der Waals surface area (Å²) in [7, 11) is 0. The first-order chi connectivity index (χ1) is 3.30. The zero-order valence-electron chi connectivity index (χ0n) is 4.03. The van der Waals surface area contributed by atoms with Crippen LogP contribution in [-0.4, -0.2) is 4.98 Å². The molecular weight excluding hydrogens is 154 g/mol. The Morgan fingerprint density at radius 3 is 2.43 bits per heavy atom. The zero-order chi connectivity index (χ0) is 5.28. The third kappa shape index (κ3) is 0.855. The Labute approximate surface area is 50.9 Å². The first kappa shape index (κ1) is 4.91. The third-order valence-corrected chi connectivity index (χ3v) is 1.74. The van der Waals surface area contributed by atoms with Crippen LogP contribution in [0.5, 0.6) is 0 Å². The number of hydrogen-bond donors (Lipinski definition) is 1. The lowest BCUT2D eigenvalue weighted by atomic mass is 10.4. The number of nitrogens with one attached hydrogen (secondary N) is 1. The van der Waals surface area contributed by atoms with Crippen molar-refractivity contribution in [1.82, 2.24) is 4.98 Å². The van der Waals surface area contributed by atoms with E-state index in [4.69, 9.17) is 0 Å². The molecule has 0 aliphatic rings. The van der Waals surface area contributed by atoms with Crippen molar-refractivity contribution in [2.24, 2.45) is 0 Å². The van der Waals surface area contributed by atoms with Crippen molar-refractivity contribution in [2.75, 3.05) is 0 Å². The summed E-state index contributed by atoms with van der Waals surface area (Å²) in [5.74, 6) is 0. The van der Waals surface area contributed by atoms with Gasteiger partial charge in [-0.2, -0.15) is 0 Å². The second-order valence-electron chi connectivity index (χ2n) is 1.49. The Morgan fingerprint density at radius 1 is 1.57 bits per heavy atom. The average Bonchev–Trinajstić information content (AvgIpc) is 1.91. The molecule has 0 aromatic carbocycles. The molecular formula is C5H6BrN. The largest absolute Gasteiger partial charge is 0.366 e. The fourth-order valence-corrected chi connectivity index (χ4v) is 0.669. The van der Waals surface area contributed by atoms with Gasteiger partial charge in [0.25, 0.3) is 0 Å². The van der Waals surface area contributed by atoms with Crippen LogP contribution in [0.4, 0.5) is 0 Å². The van der Waals surface area contributed by atoms with Crippen LogP contribution >= 0.6 is 15.9 Å². The van der Waals surface area contributed by atoms with Crippen molar-refractivity contribution in [1.29, 1.82) is 0 Å². The summed E-state index contributed by atoms with van der Waals surface area (Å²) in [5.41, 5.74) is 1.25. The molecule has 2 heteroatoms. The minimum atomic E-state index is 1.15. The number of rotatable bonds is 0. The SMILES string of the molecule is Cc1c[nH]cc1Br. The third-order valence-electron chi connectivity index (χ3n) is 0.887. The van der Waals surface area contributed by atoms with Crippen molar-refractivity contribution in [2.45, 2.75) is 6.92 Å². The van der Waals surface area contributed by atoms with Gasteiger partial charge in [0.2, 0.25) is 0 Å². The first-order valence-corrected chi connectivity index (χ1v) is 2.89. The second-order valence-corrected chi connectivity index (χ2v) is 2.34. The van der Waals surface area contributed by atoms with E-state index in [1.54, 1.807) is 0 Å². The highest BCUT2D eigenvalue weighted by Crippen LogP contribution is 2.12. The molecule has 0 saturated carbocycles. The van der Waals surface area contributed by atoms with Crippen molar-refractivity contribution in [3.8, 4) is 0 Å². The van der Waals surface area contributed by atoms with Crippen molar-refractivity contribution < 1.29 is 0 Å². The Bertz CT molecular complexity index is 140. The second kappa shape index (κ2) is 1.70. The highest BCUT2D eigenvalue weighted by Gasteiger charge is 1.88. The monoisotopic (exact) mass is 159 g/mol. The molecule has 0 radical (unpaired) electrons. The van der Waals surface area contributed by atoms with E-state index in [0.29, 0.717) is 0 Å². The van der Waals surface area contributed by atoms with E-state index >= 15 is 0 Å². The summed E-state index contributed by atoms with van der Waals surface area (Å²) in [6.07, 6.45) is 3.86. The van der Waals surface area contributed by atoms with E-state index in [9.17, 15) is 0 Å². The smallest absolute Gasteiger partial charge is 0.0378 e. The minimum Gasteiger partial charge on any atom is -0.366 e. The molecule has 1 rings (SSSR count). The highest BCUT2D eigenvalue weighted by molar-refractivity contribution is 9.10. The Balaban J connectivity index is 3.12. The maximum absolute atomic E-state index is 3.33. The quantitative estimate of drug-likeness (QED) is 0.597. The molecule has 1 aromatic rings. The Hall–Kier alpha value is -0.240. The van der Waals surface area contributed by atoms with E-state index in [-0.39, 0.29) is 0 Å². The molecule has 1 heterocycles. The number of H-pyrrole nitrogens is 1. The van der Waals surface area contributed by atoms with E-state index in [0.717, 1.165) is 4.47 Å². The molecule has 1 N–H and O–H groups in total. The molecule has 0 atom stereocenters. The number of hydrogen-bond acceptors (Lipinski definition) is 0. The number of halogens is 1. The molecule has 0 bridgehead atoms. The van der Waals surface area contributed by atoms with Crippen molar-refractivity contribution >= 4 is 15.9 Å². The molecule has 38 valence electrons. The molecule has 1 nitrogen and oxygen atoms in total. The van der Waals surface area contributed by atoms with Gasteiger partial charge in [0.15, 0.2) is 0 Å². The molecule has 0 fully saturated rings. The van der Waals surface area contributed by atoms with Gasteiger partial charge >= 0.3 is 0 Å². The number of aryl methyl sites for hydroxylation is 1. The topological polar surface area (TPSA) is 15.8 Å². The summed E-state index contributed by atoms with van der Waals surface area (Å²) >= 11 is 3.33. The van der Waals surface area contributed by atoms with Crippen LogP contribution in [0.15, 0.2) is 16.9 Å². The molecule has 7 heavy (non-hydrogen) atoms. The lowest BCUT2D eigenvalue weighted by molar-refractivity contribution is 1.39. The normalized spacial score (nSPS) is 9.43. The number of aromatic nitrogens is 1. The van der Waals surface area contributed by atoms with Crippen LogP contribution in [0, 0.1) is 6.92 Å². The molecule has 1 aromatic heterocycles. The molecule has 0 amide bonds. The van der Waals surface area contributed by atoms with Crippen LogP contribution in [-0.2, 0) is 0 Å². The summed E-state index contributed by atoms with van der Waals surface area (Å²) in [6.45, 7) is 2.04. The van der Waals surface area contributed by atoms with Gasteiger partial charge in [0, 0.05) is 16.9 Å². The Morgan fingerprint density at radius 2 is 2.29 bits per heavy atom. The molecule has 0 aliphatic heterocycles. The molecule has 0 aliphatic carbocycles. The van der Waals surface area contributed by atoms with E-state index < -0.39 is 0 Å². The van der Waals surface area contributed by atoms with E-state index in [1.807, 2.05) is 19.3 Å². The summed E-state index contributed by atoms with van der Waals surface area (Å²) in [6, 6.07) is 0. The summed E-state index contributed by atoms with van der Waals surface area (Å²) < 4.78 is 1.15. The van der Waals surface area contributed by atoms with Gasteiger partial charge in [-0.25, -0.2) is 0 Å². The minimum absolute atomic E-state index is 1.15. The zero-order valence-corrected chi connectivity index (χ0v) is 5.62. The lowest BCUT2D eigenvalue weighted by Crippen LogP contribution is -1.56. The molecule has 0 spiro atoms. The van der Waals surface area contributed by atoms with Gasteiger partial charge < -0.3 is 4.98 Å². The highest BCUT2D eigenvalue weighted by atomic mass is 79.9. The van der Waals surface area contributed by atoms with Gasteiger partial charge in [0.05, 0.1) is 0 Å². The molecule has 0 saturated heterocycles. The fourth-order valence-electron chi connectivity index (χ4n) is 0.423. The predicted octanol–water partition coefficient (Wildman–Crippen LogP) is 2.09. The lowest BCUT2D eigenvalue weighted by Gasteiger charge is -1.76. The maximum Gasteiger partial charge on any atom is 0.0378 e. The maximum atomic E-state index is 3.33. The van der Waals surface area contributed by atoms with Gasteiger partial charge in [-0.3, -0.25) is 0 Å². The van der Waals surface area contributed by atoms with Crippen LogP contribution in [0.2, 0.25) is 0 Å². The fraction of sp³-hybridized carbons (Fsp3) is 0.200. The van der Waals surface area contributed by atoms with Gasteiger partial charge in [0.1, 0.15) is 0 Å². The van der Waals surface area contributed by atoms with Gasteiger partial charge in [-0.1, -0.05) is 0 Å². The van der Waals surface area contributed by atoms with Crippen LogP contribution in [0.3, 0.4) is 0 Å². The standard InChI is InChI=1S/C5H6BrN/c1-4-2-7-3-5(4)6/h2-3,7H,1H3. The van der Waals surface area contributed by atoms with E-state index in [2.05, 4.69) is 20.9 Å². The first-order valence-electron chi connectivity index (χ1n) is 2.09. The van der Waals surface area contributed by atoms with Crippen LogP contribution in [0.1, 0.15) is 5.56 Å². The number of aromatic amines is 1. The molecule has 0 unspecified atom stereocenters. The van der Waals surface area contributed by atoms with Crippen LogP contribution < -0.4 is 0 Å². The average molecular weight is 160 g/mol. The van der Waals surface area contributed by atoms with Gasteiger partial charge in [-0.05, 0) is 28.4 Å². The van der Waals surface area contributed by atoms with E-state index in [1.165, 1.54) is 5.56 Å². The summed E-state index contributed by atoms with van der Waals surface area (Å²) in [4.78, 5) is 2.95. The van der Waals surface area contributed by atoms with Gasteiger partial charge in [-0.15, -0.1) is 0 Å². The van der Waals surface area contributed by atoms with Crippen molar-refractivity contribution in [3.05, 3.63) is 22.4 Å².